The lowest BCUT2D eigenvalue weighted by atomic mass is 9.82. The van der Waals surface area contributed by atoms with Crippen LogP contribution in [0, 0.1) is 0 Å². The van der Waals surface area contributed by atoms with Crippen LogP contribution in [0.3, 0.4) is 0 Å². The van der Waals surface area contributed by atoms with Gasteiger partial charge in [0.15, 0.2) is 0 Å². The van der Waals surface area contributed by atoms with E-state index in [1.165, 1.54) is 0 Å². The molecule has 3 aromatic rings. The molecule has 3 rings (SSSR count). The topological polar surface area (TPSA) is 99.4 Å². The summed E-state index contributed by atoms with van der Waals surface area (Å²) in [7, 11) is 3.14. The van der Waals surface area contributed by atoms with E-state index in [9.17, 15) is 4.79 Å². The van der Waals surface area contributed by atoms with Crippen molar-refractivity contribution in [2.75, 3.05) is 25.3 Å². The minimum atomic E-state index is -0.360. The van der Waals surface area contributed by atoms with Gasteiger partial charge in [0.1, 0.15) is 11.6 Å². The fourth-order valence-electron chi connectivity index (χ4n) is 2.99. The first-order chi connectivity index (χ1) is 13.9. The van der Waals surface area contributed by atoms with Crippen LogP contribution in [0.2, 0.25) is 0 Å². The van der Waals surface area contributed by atoms with Crippen LogP contribution in [0.1, 0.15) is 41.2 Å². The predicted octanol–water partition coefficient (Wildman–Crippen LogP) is 3.85. The van der Waals surface area contributed by atoms with Gasteiger partial charge in [-0.2, -0.15) is 0 Å². The molecule has 2 aromatic heterocycles. The van der Waals surface area contributed by atoms with E-state index in [2.05, 4.69) is 29.1 Å². The van der Waals surface area contributed by atoms with Crippen LogP contribution >= 0.6 is 11.3 Å². The lowest BCUT2D eigenvalue weighted by Crippen LogP contribution is -2.21. The number of ether oxygens (including phenoxy) is 2. The minimum Gasteiger partial charge on any atom is -0.495 e. The Kier molecular flexibility index (Phi) is 6.14. The zero-order chi connectivity index (χ0) is 21.0. The summed E-state index contributed by atoms with van der Waals surface area (Å²) in [6.07, 6.45) is 0. The molecule has 0 saturated heterocycles. The number of nitrogens with two attached hydrogens (primary N) is 1. The highest BCUT2D eigenvalue weighted by atomic mass is 32.1. The van der Waals surface area contributed by atoms with Crippen LogP contribution in [0.4, 0.5) is 11.5 Å². The Hall–Kier alpha value is -2.97. The van der Waals surface area contributed by atoms with Crippen molar-refractivity contribution in [1.29, 1.82) is 0 Å². The SMILES string of the molecule is COCc1ccc(C(=O)Nc2cc(C(C)(C)c3cscn3)ccc2OC)c(N)n1. The third-order valence-electron chi connectivity index (χ3n) is 4.76. The van der Waals surface area contributed by atoms with Crippen LogP contribution in [0.25, 0.3) is 0 Å². The second-order valence-corrected chi connectivity index (χ2v) is 7.75. The van der Waals surface area contributed by atoms with Crippen molar-refractivity contribution in [2.45, 2.75) is 25.9 Å². The van der Waals surface area contributed by atoms with Gasteiger partial charge in [-0.3, -0.25) is 4.79 Å². The smallest absolute Gasteiger partial charge is 0.259 e. The summed E-state index contributed by atoms with van der Waals surface area (Å²) in [6.45, 7) is 4.51. The Morgan fingerprint density at radius 3 is 2.66 bits per heavy atom. The molecule has 2 heterocycles. The first kappa shape index (κ1) is 20.8. The highest BCUT2D eigenvalue weighted by Crippen LogP contribution is 2.36. The number of aromatic nitrogens is 2. The monoisotopic (exact) mass is 412 g/mol. The van der Waals surface area contributed by atoms with Gasteiger partial charge < -0.3 is 20.5 Å². The molecule has 1 amide bonds. The van der Waals surface area contributed by atoms with E-state index in [1.54, 1.807) is 37.7 Å². The molecule has 7 nitrogen and oxygen atoms in total. The molecule has 1 aromatic carbocycles. The Morgan fingerprint density at radius 2 is 2.03 bits per heavy atom. The molecule has 0 atom stereocenters. The molecule has 0 aliphatic heterocycles. The molecule has 0 bridgehead atoms. The molecule has 29 heavy (non-hydrogen) atoms. The summed E-state index contributed by atoms with van der Waals surface area (Å²) >= 11 is 1.55. The maximum Gasteiger partial charge on any atom is 0.259 e. The summed E-state index contributed by atoms with van der Waals surface area (Å²) in [5, 5.41) is 4.92. The lowest BCUT2D eigenvalue weighted by Gasteiger charge is -2.24. The maximum absolute atomic E-state index is 12.8. The predicted molar refractivity (Wildman–Crippen MR) is 115 cm³/mol. The molecule has 8 heteroatoms. The van der Waals surface area contributed by atoms with E-state index in [1.807, 2.05) is 29.1 Å². The molecule has 0 unspecified atom stereocenters. The van der Waals surface area contributed by atoms with Gasteiger partial charge in [0.05, 0.1) is 41.9 Å². The Balaban J connectivity index is 1.91. The number of carbonyl (C=O) groups excluding carboxylic acids is 1. The summed E-state index contributed by atoms with van der Waals surface area (Å²) in [5.74, 6) is 0.342. The standard InChI is InChI=1S/C21H24N4O3S/c1-21(2,18-11-29-12-23-18)13-5-8-17(28-4)16(9-13)25-20(26)15-7-6-14(10-27-3)24-19(15)22/h5-9,11-12H,10H2,1-4H3,(H2,22,24)(H,25,26). The number of rotatable bonds is 7. The van der Waals surface area contributed by atoms with Crippen molar-refractivity contribution in [1.82, 2.24) is 9.97 Å². The molecule has 0 radical (unpaired) electrons. The highest BCUT2D eigenvalue weighted by Gasteiger charge is 2.26. The second kappa shape index (κ2) is 8.59. The zero-order valence-electron chi connectivity index (χ0n) is 16.9. The van der Waals surface area contributed by atoms with Crippen LogP contribution in [-0.2, 0) is 16.8 Å². The average molecular weight is 413 g/mol. The molecule has 3 N–H and O–H groups in total. The van der Waals surface area contributed by atoms with Crippen LogP contribution < -0.4 is 15.8 Å². The number of thiazole rings is 1. The molecule has 0 aliphatic rings. The highest BCUT2D eigenvalue weighted by molar-refractivity contribution is 7.07. The largest absolute Gasteiger partial charge is 0.495 e. The molecular weight excluding hydrogens is 388 g/mol. The number of nitrogens with zero attached hydrogens (tertiary/aromatic N) is 2. The fourth-order valence-corrected chi connectivity index (χ4v) is 3.71. The average Bonchev–Trinajstić information content (AvgIpc) is 3.24. The summed E-state index contributed by atoms with van der Waals surface area (Å²) in [5.41, 5.74) is 10.9. The van der Waals surface area contributed by atoms with Crippen molar-refractivity contribution in [3.63, 3.8) is 0 Å². The van der Waals surface area contributed by atoms with E-state index in [0.29, 0.717) is 23.7 Å². The maximum atomic E-state index is 12.8. The third kappa shape index (κ3) is 4.38. The van der Waals surface area contributed by atoms with Gasteiger partial charge in [0, 0.05) is 17.9 Å². The third-order valence-corrected chi connectivity index (χ3v) is 5.35. The van der Waals surface area contributed by atoms with Gasteiger partial charge in [-0.25, -0.2) is 9.97 Å². The first-order valence-corrected chi connectivity index (χ1v) is 9.94. The first-order valence-electron chi connectivity index (χ1n) is 8.99. The molecule has 0 fully saturated rings. The Bertz CT molecular complexity index is 1000. The number of anilines is 2. The van der Waals surface area contributed by atoms with E-state index in [-0.39, 0.29) is 22.7 Å². The number of nitrogens with one attached hydrogen (secondary N) is 1. The Labute approximate surface area is 173 Å². The molecule has 0 aliphatic carbocycles. The summed E-state index contributed by atoms with van der Waals surface area (Å²) in [6, 6.07) is 9.07. The van der Waals surface area contributed by atoms with Gasteiger partial charge in [-0.05, 0) is 29.8 Å². The summed E-state index contributed by atoms with van der Waals surface area (Å²) < 4.78 is 10.5. The van der Waals surface area contributed by atoms with Gasteiger partial charge >= 0.3 is 0 Å². The number of hydrogen-bond acceptors (Lipinski definition) is 7. The molecule has 152 valence electrons. The van der Waals surface area contributed by atoms with Crippen molar-refractivity contribution in [2.24, 2.45) is 0 Å². The second-order valence-electron chi connectivity index (χ2n) is 7.04. The fraction of sp³-hybridized carbons (Fsp3) is 0.286. The van der Waals surface area contributed by atoms with E-state index in [0.717, 1.165) is 11.3 Å². The number of carbonyl (C=O) groups is 1. The van der Waals surface area contributed by atoms with Gasteiger partial charge in [0.25, 0.3) is 5.91 Å². The van der Waals surface area contributed by atoms with E-state index >= 15 is 0 Å². The van der Waals surface area contributed by atoms with Crippen molar-refractivity contribution in [3.05, 3.63) is 63.7 Å². The van der Waals surface area contributed by atoms with Crippen molar-refractivity contribution < 1.29 is 14.3 Å². The lowest BCUT2D eigenvalue weighted by molar-refractivity contribution is 0.102. The number of amides is 1. The number of pyridine rings is 1. The number of nitrogen functional groups attached to an aromatic ring is 1. The van der Waals surface area contributed by atoms with Gasteiger partial charge in [-0.15, -0.1) is 11.3 Å². The normalized spacial score (nSPS) is 11.3. The van der Waals surface area contributed by atoms with Gasteiger partial charge in [-0.1, -0.05) is 19.9 Å². The van der Waals surface area contributed by atoms with Gasteiger partial charge in [0.2, 0.25) is 0 Å². The van der Waals surface area contributed by atoms with Crippen molar-refractivity contribution >= 4 is 28.7 Å². The molecule has 0 saturated carbocycles. The summed E-state index contributed by atoms with van der Waals surface area (Å²) in [4.78, 5) is 21.5. The van der Waals surface area contributed by atoms with Crippen LogP contribution in [0.5, 0.6) is 5.75 Å². The molecular formula is C21H24N4O3S. The number of methoxy groups -OCH3 is 2. The van der Waals surface area contributed by atoms with E-state index < -0.39 is 0 Å². The van der Waals surface area contributed by atoms with Crippen molar-refractivity contribution in [3.8, 4) is 5.75 Å². The number of hydrogen-bond donors (Lipinski definition) is 2. The zero-order valence-corrected chi connectivity index (χ0v) is 17.7. The van der Waals surface area contributed by atoms with Crippen LogP contribution in [-0.4, -0.2) is 30.1 Å². The quantitative estimate of drug-likeness (QED) is 0.611. The van der Waals surface area contributed by atoms with E-state index in [4.69, 9.17) is 15.2 Å². The minimum absolute atomic E-state index is 0.148. The Morgan fingerprint density at radius 1 is 1.24 bits per heavy atom. The molecule has 0 spiro atoms. The van der Waals surface area contributed by atoms with Crippen LogP contribution in [0.15, 0.2) is 41.2 Å². The number of benzene rings is 1.